The number of carbonyl (C=O) groups is 1. The smallest absolute Gasteiger partial charge is 0.255 e. The van der Waals surface area contributed by atoms with E-state index in [9.17, 15) is 14.3 Å². The van der Waals surface area contributed by atoms with Crippen LogP contribution in [-0.4, -0.2) is 11.0 Å². The molecule has 2 N–H and O–H groups in total. The molecule has 0 aromatic heterocycles. The van der Waals surface area contributed by atoms with Crippen molar-refractivity contribution in [3.8, 4) is 11.1 Å². The van der Waals surface area contributed by atoms with Crippen molar-refractivity contribution in [1.82, 2.24) is 5.32 Å². The lowest BCUT2D eigenvalue weighted by molar-refractivity contribution is -0.116. The van der Waals surface area contributed by atoms with Crippen LogP contribution < -0.4 is 5.32 Å². The summed E-state index contributed by atoms with van der Waals surface area (Å²) in [7, 11) is 0. The van der Waals surface area contributed by atoms with Crippen molar-refractivity contribution in [1.29, 1.82) is 0 Å². The van der Waals surface area contributed by atoms with Crippen LogP contribution in [-0.2, 0) is 11.2 Å². The first kappa shape index (κ1) is 14.1. The maximum Gasteiger partial charge on any atom is 0.255 e. The maximum atomic E-state index is 12.9. The van der Waals surface area contributed by atoms with Gasteiger partial charge in [0.25, 0.3) is 5.91 Å². The van der Waals surface area contributed by atoms with Crippen LogP contribution >= 0.6 is 0 Å². The number of carbonyl (C=O) groups excluding carboxylic acids is 1. The van der Waals surface area contributed by atoms with Crippen molar-refractivity contribution in [2.75, 3.05) is 0 Å². The standard InChI is InChI=1S/C18H14FNO2/c1-11-17(21)16(18(22)20-11)10-12-2-4-13(5-3-12)14-6-8-15(19)9-7-14/h2-9,21H,1,10H2,(H,20,22). The zero-order valence-corrected chi connectivity index (χ0v) is 11.8. The van der Waals surface area contributed by atoms with Gasteiger partial charge in [0.05, 0.1) is 11.3 Å². The van der Waals surface area contributed by atoms with Crippen molar-refractivity contribution in [2.45, 2.75) is 6.42 Å². The molecule has 0 spiro atoms. The van der Waals surface area contributed by atoms with Crippen molar-refractivity contribution in [2.24, 2.45) is 0 Å². The molecule has 0 aliphatic carbocycles. The van der Waals surface area contributed by atoms with Gasteiger partial charge in [0.15, 0.2) is 0 Å². The van der Waals surface area contributed by atoms with E-state index < -0.39 is 0 Å². The molecule has 0 saturated carbocycles. The fourth-order valence-electron chi connectivity index (χ4n) is 2.39. The SMILES string of the molecule is C=C1NC(=O)C(Cc2ccc(-c3ccc(F)cc3)cc2)=C1O. The number of aliphatic hydroxyl groups excluding tert-OH is 1. The number of hydrogen-bond donors (Lipinski definition) is 2. The number of amides is 1. The summed E-state index contributed by atoms with van der Waals surface area (Å²) in [4.78, 5) is 11.7. The second kappa shape index (κ2) is 5.48. The fraction of sp³-hybridized carbons (Fsp3) is 0.0556. The topological polar surface area (TPSA) is 49.3 Å². The molecule has 2 aromatic rings. The molecule has 22 heavy (non-hydrogen) atoms. The van der Waals surface area contributed by atoms with Crippen LogP contribution in [0.3, 0.4) is 0 Å². The molecule has 0 fully saturated rings. The molecule has 3 rings (SSSR count). The third-order valence-electron chi connectivity index (χ3n) is 3.62. The van der Waals surface area contributed by atoms with Crippen LogP contribution in [0.15, 0.2) is 72.1 Å². The van der Waals surface area contributed by atoms with Gasteiger partial charge >= 0.3 is 0 Å². The van der Waals surface area contributed by atoms with Crippen molar-refractivity contribution < 1.29 is 14.3 Å². The summed E-state index contributed by atoms with van der Waals surface area (Å²) in [5.74, 6) is -0.659. The number of benzene rings is 2. The van der Waals surface area contributed by atoms with Crippen LogP contribution in [0.25, 0.3) is 11.1 Å². The molecule has 0 atom stereocenters. The highest BCUT2D eigenvalue weighted by Crippen LogP contribution is 2.24. The summed E-state index contributed by atoms with van der Waals surface area (Å²) >= 11 is 0. The van der Waals surface area contributed by atoms with Gasteiger partial charge in [0.2, 0.25) is 0 Å². The zero-order valence-electron chi connectivity index (χ0n) is 11.8. The molecule has 0 unspecified atom stereocenters. The molecule has 1 heterocycles. The summed E-state index contributed by atoms with van der Waals surface area (Å²) in [5, 5.41) is 12.3. The van der Waals surface area contributed by atoms with Crippen LogP contribution in [0.5, 0.6) is 0 Å². The molecular weight excluding hydrogens is 281 g/mol. The highest BCUT2D eigenvalue weighted by molar-refractivity contribution is 5.99. The molecule has 1 aliphatic heterocycles. The summed E-state index contributed by atoms with van der Waals surface area (Å²) < 4.78 is 12.9. The van der Waals surface area contributed by atoms with Crippen LogP contribution in [0.4, 0.5) is 4.39 Å². The van der Waals surface area contributed by atoms with E-state index in [-0.39, 0.29) is 23.2 Å². The third-order valence-corrected chi connectivity index (χ3v) is 3.62. The molecule has 3 nitrogen and oxygen atoms in total. The molecule has 0 bridgehead atoms. The molecule has 1 amide bonds. The zero-order chi connectivity index (χ0) is 15.7. The summed E-state index contributed by atoms with van der Waals surface area (Å²) in [5.41, 5.74) is 3.34. The Bertz CT molecular complexity index is 774. The van der Waals surface area contributed by atoms with Gasteiger partial charge in [-0.05, 0) is 28.8 Å². The Hall–Kier alpha value is -2.88. The minimum atomic E-state index is -0.315. The highest BCUT2D eigenvalue weighted by atomic mass is 19.1. The van der Waals surface area contributed by atoms with Gasteiger partial charge in [-0.25, -0.2) is 4.39 Å². The maximum absolute atomic E-state index is 12.9. The second-order valence-electron chi connectivity index (χ2n) is 5.14. The van der Waals surface area contributed by atoms with Crippen molar-refractivity contribution in [3.63, 3.8) is 0 Å². The number of hydrogen-bond acceptors (Lipinski definition) is 2. The van der Waals surface area contributed by atoms with Crippen molar-refractivity contribution >= 4 is 5.91 Å². The van der Waals surface area contributed by atoms with E-state index in [1.165, 1.54) is 12.1 Å². The third kappa shape index (κ3) is 2.63. The number of halogens is 1. The highest BCUT2D eigenvalue weighted by Gasteiger charge is 2.25. The van der Waals surface area contributed by atoms with Gasteiger partial charge in [-0.3, -0.25) is 4.79 Å². The lowest BCUT2D eigenvalue weighted by atomic mass is 10.00. The van der Waals surface area contributed by atoms with E-state index in [0.29, 0.717) is 12.0 Å². The minimum Gasteiger partial charge on any atom is -0.505 e. The average molecular weight is 295 g/mol. The van der Waals surface area contributed by atoms with Crippen molar-refractivity contribution in [3.05, 3.63) is 83.5 Å². The molecule has 1 aliphatic rings. The average Bonchev–Trinajstić information content (AvgIpc) is 2.75. The summed E-state index contributed by atoms with van der Waals surface area (Å²) in [6.45, 7) is 3.57. The fourth-order valence-corrected chi connectivity index (χ4v) is 2.39. The van der Waals surface area contributed by atoms with Gasteiger partial charge in [-0.1, -0.05) is 43.0 Å². The van der Waals surface area contributed by atoms with E-state index in [1.807, 2.05) is 24.3 Å². The first-order valence-electron chi connectivity index (χ1n) is 6.82. The van der Waals surface area contributed by atoms with Gasteiger partial charge in [-0.2, -0.15) is 0 Å². The molecule has 2 aromatic carbocycles. The van der Waals surface area contributed by atoms with E-state index in [1.54, 1.807) is 12.1 Å². The van der Waals surface area contributed by atoms with E-state index in [4.69, 9.17) is 0 Å². The van der Waals surface area contributed by atoms with E-state index in [2.05, 4.69) is 11.9 Å². The number of rotatable bonds is 3. The Morgan fingerprint density at radius 2 is 1.55 bits per heavy atom. The second-order valence-corrected chi connectivity index (χ2v) is 5.14. The predicted molar refractivity (Wildman–Crippen MR) is 82.5 cm³/mol. The largest absolute Gasteiger partial charge is 0.505 e. The van der Waals surface area contributed by atoms with E-state index >= 15 is 0 Å². The quantitative estimate of drug-likeness (QED) is 0.910. The molecule has 110 valence electrons. The summed E-state index contributed by atoms with van der Waals surface area (Å²) in [6, 6.07) is 13.8. The van der Waals surface area contributed by atoms with Gasteiger partial charge in [0, 0.05) is 6.42 Å². The van der Waals surface area contributed by atoms with Gasteiger partial charge < -0.3 is 10.4 Å². The summed E-state index contributed by atoms with van der Waals surface area (Å²) in [6.07, 6.45) is 0.334. The first-order chi connectivity index (χ1) is 10.5. The number of aliphatic hydroxyl groups is 1. The molecule has 0 saturated heterocycles. The lowest BCUT2D eigenvalue weighted by Crippen LogP contribution is -2.16. The molecule has 0 radical (unpaired) electrons. The first-order valence-corrected chi connectivity index (χ1v) is 6.82. The Morgan fingerprint density at radius 1 is 1.00 bits per heavy atom. The Kier molecular flexibility index (Phi) is 3.51. The van der Waals surface area contributed by atoms with Crippen LogP contribution in [0.1, 0.15) is 5.56 Å². The van der Waals surface area contributed by atoms with Gasteiger partial charge in [0.1, 0.15) is 11.6 Å². The Morgan fingerprint density at radius 3 is 2.05 bits per heavy atom. The minimum absolute atomic E-state index is 0.0763. The van der Waals surface area contributed by atoms with Gasteiger partial charge in [-0.15, -0.1) is 0 Å². The lowest BCUT2D eigenvalue weighted by Gasteiger charge is -2.05. The normalized spacial score (nSPS) is 14.4. The molecule has 4 heteroatoms. The Balaban J connectivity index is 1.82. The van der Waals surface area contributed by atoms with E-state index in [0.717, 1.165) is 16.7 Å². The monoisotopic (exact) mass is 295 g/mol. The Labute approximate surface area is 127 Å². The molecular formula is C18H14FNO2. The number of nitrogens with one attached hydrogen (secondary N) is 1. The predicted octanol–water partition coefficient (Wildman–Crippen LogP) is 3.49. The van der Waals surface area contributed by atoms with Crippen LogP contribution in [0, 0.1) is 5.82 Å². The van der Waals surface area contributed by atoms with Crippen LogP contribution in [0.2, 0.25) is 0 Å².